The number of benzene rings is 4. The van der Waals surface area contributed by atoms with Gasteiger partial charge >= 0.3 is 0 Å². The Morgan fingerprint density at radius 3 is 2.63 bits per heavy atom. The van der Waals surface area contributed by atoms with E-state index in [-0.39, 0.29) is 11.7 Å². The third-order valence-electron chi connectivity index (χ3n) is 7.44. The molecule has 0 radical (unpaired) electrons. The molecule has 1 amide bonds. The van der Waals surface area contributed by atoms with Crippen LogP contribution in [0, 0.1) is 12.7 Å². The van der Waals surface area contributed by atoms with Gasteiger partial charge in [0.25, 0.3) is 5.91 Å². The van der Waals surface area contributed by atoms with Crippen LogP contribution in [-0.4, -0.2) is 22.3 Å². The first kappa shape index (κ1) is 26.9. The number of pyridine rings is 1. The molecule has 4 nitrogen and oxygen atoms in total. The van der Waals surface area contributed by atoms with E-state index in [0.29, 0.717) is 25.3 Å². The summed E-state index contributed by atoms with van der Waals surface area (Å²) in [6.07, 6.45) is 4.75. The van der Waals surface area contributed by atoms with Crippen LogP contribution < -0.4 is 4.74 Å². The summed E-state index contributed by atoms with van der Waals surface area (Å²) in [6, 6.07) is 28.3. The van der Waals surface area contributed by atoms with E-state index in [2.05, 4.69) is 35.0 Å². The van der Waals surface area contributed by atoms with Crippen molar-refractivity contribution in [2.45, 2.75) is 26.5 Å². The van der Waals surface area contributed by atoms with Crippen LogP contribution in [-0.2, 0) is 19.6 Å². The summed E-state index contributed by atoms with van der Waals surface area (Å²) in [5.74, 6) is 0.496. The quantitative estimate of drug-likeness (QED) is 0.195. The molecule has 5 aromatic rings. The minimum absolute atomic E-state index is 0.0108. The van der Waals surface area contributed by atoms with Crippen molar-refractivity contribution >= 4 is 44.9 Å². The molecule has 0 aliphatic carbocycles. The number of aryl methyl sites for hydroxylation is 1. The molecule has 1 aliphatic heterocycles. The summed E-state index contributed by atoms with van der Waals surface area (Å²) in [5.41, 5.74) is 7.66. The van der Waals surface area contributed by atoms with Gasteiger partial charge in [-0.2, -0.15) is 0 Å². The molecule has 204 valence electrons. The molecule has 2 heterocycles. The SMILES string of the molecule is Cc1ccccc1/C=C/c1cc(C(=O)N2CCc3cc(OCc4ccc(F)cc4)ccc3C2)c2cc(Br)ccc2n1. The van der Waals surface area contributed by atoms with Gasteiger partial charge < -0.3 is 9.64 Å². The topological polar surface area (TPSA) is 42.4 Å². The first-order chi connectivity index (χ1) is 19.9. The minimum Gasteiger partial charge on any atom is -0.489 e. The Kier molecular flexibility index (Phi) is 7.66. The van der Waals surface area contributed by atoms with E-state index < -0.39 is 0 Å². The molecule has 0 spiro atoms. The highest BCUT2D eigenvalue weighted by molar-refractivity contribution is 9.10. The van der Waals surface area contributed by atoms with Crippen molar-refractivity contribution < 1.29 is 13.9 Å². The Balaban J connectivity index is 1.23. The largest absolute Gasteiger partial charge is 0.489 e. The fraction of sp³-hybridized carbons (Fsp3) is 0.143. The highest BCUT2D eigenvalue weighted by Gasteiger charge is 2.24. The van der Waals surface area contributed by atoms with Crippen LogP contribution >= 0.6 is 15.9 Å². The Morgan fingerprint density at radius 2 is 1.80 bits per heavy atom. The second-order valence-electron chi connectivity index (χ2n) is 10.3. The summed E-state index contributed by atoms with van der Waals surface area (Å²) in [6.45, 7) is 3.59. The standard InChI is InChI=1S/C35H28BrFN2O2/c1-23-4-2-3-5-25(23)8-13-30-20-33(32-19-28(36)10-15-34(32)38-30)35(40)39-17-16-26-18-31(14-9-27(26)21-39)41-22-24-6-11-29(37)12-7-24/h2-15,18-20H,16-17,21-22H2,1H3/b13-8+. The number of hydrogen-bond acceptors (Lipinski definition) is 3. The molecule has 4 aromatic carbocycles. The fourth-order valence-corrected chi connectivity index (χ4v) is 5.50. The van der Waals surface area contributed by atoms with Crippen molar-refractivity contribution in [3.8, 4) is 5.75 Å². The summed E-state index contributed by atoms with van der Waals surface area (Å²) in [4.78, 5) is 20.7. The van der Waals surface area contributed by atoms with Crippen LogP contribution in [0.5, 0.6) is 5.75 Å². The number of ether oxygens (including phenoxy) is 1. The number of rotatable bonds is 6. The summed E-state index contributed by atoms with van der Waals surface area (Å²) in [5, 5.41) is 0.827. The molecule has 0 atom stereocenters. The number of carbonyl (C=O) groups excluding carboxylic acids is 1. The maximum Gasteiger partial charge on any atom is 0.254 e. The van der Waals surface area contributed by atoms with Crippen LogP contribution in [0.4, 0.5) is 4.39 Å². The molecule has 0 bridgehead atoms. The molecular weight excluding hydrogens is 579 g/mol. The van der Waals surface area contributed by atoms with Crippen molar-refractivity contribution in [2.24, 2.45) is 0 Å². The maximum atomic E-state index is 14.0. The predicted molar refractivity (Wildman–Crippen MR) is 165 cm³/mol. The maximum absolute atomic E-state index is 14.0. The molecule has 1 aromatic heterocycles. The van der Waals surface area contributed by atoms with E-state index in [4.69, 9.17) is 9.72 Å². The summed E-state index contributed by atoms with van der Waals surface area (Å²) < 4.78 is 20.0. The predicted octanol–water partition coefficient (Wildman–Crippen LogP) is 8.39. The van der Waals surface area contributed by atoms with Gasteiger partial charge in [-0.3, -0.25) is 4.79 Å². The van der Waals surface area contributed by atoms with Gasteiger partial charge in [-0.05, 0) is 95.8 Å². The van der Waals surface area contributed by atoms with E-state index in [1.807, 2.05) is 71.6 Å². The fourth-order valence-electron chi connectivity index (χ4n) is 5.14. The zero-order valence-corrected chi connectivity index (χ0v) is 24.2. The highest BCUT2D eigenvalue weighted by atomic mass is 79.9. The molecular formula is C35H28BrFN2O2. The van der Waals surface area contributed by atoms with Crippen molar-refractivity contribution in [1.82, 2.24) is 9.88 Å². The third kappa shape index (κ3) is 6.08. The van der Waals surface area contributed by atoms with Gasteiger partial charge in [0.1, 0.15) is 18.2 Å². The molecule has 0 N–H and O–H groups in total. The molecule has 0 unspecified atom stereocenters. The van der Waals surface area contributed by atoms with Crippen LogP contribution in [0.1, 0.15) is 43.9 Å². The third-order valence-corrected chi connectivity index (χ3v) is 7.93. The number of aromatic nitrogens is 1. The summed E-state index contributed by atoms with van der Waals surface area (Å²) in [7, 11) is 0. The van der Waals surface area contributed by atoms with Gasteiger partial charge in [0.05, 0.1) is 16.8 Å². The van der Waals surface area contributed by atoms with Crippen LogP contribution in [0.25, 0.3) is 23.1 Å². The second-order valence-corrected chi connectivity index (χ2v) is 11.2. The van der Waals surface area contributed by atoms with Crippen LogP contribution in [0.3, 0.4) is 0 Å². The first-order valence-corrected chi connectivity index (χ1v) is 14.3. The Labute approximate surface area is 247 Å². The van der Waals surface area contributed by atoms with E-state index in [1.165, 1.54) is 23.3 Å². The lowest BCUT2D eigenvalue weighted by molar-refractivity contribution is 0.0736. The zero-order valence-electron chi connectivity index (χ0n) is 22.6. The van der Waals surface area contributed by atoms with Crippen molar-refractivity contribution in [2.75, 3.05) is 6.54 Å². The number of amides is 1. The summed E-state index contributed by atoms with van der Waals surface area (Å²) >= 11 is 3.56. The number of carbonyl (C=O) groups is 1. The van der Waals surface area contributed by atoms with Gasteiger partial charge in [0, 0.05) is 22.9 Å². The van der Waals surface area contributed by atoms with Gasteiger partial charge in [-0.15, -0.1) is 0 Å². The van der Waals surface area contributed by atoms with Gasteiger partial charge in [-0.1, -0.05) is 64.5 Å². The van der Waals surface area contributed by atoms with E-state index in [9.17, 15) is 9.18 Å². The monoisotopic (exact) mass is 606 g/mol. The number of halogens is 2. The van der Waals surface area contributed by atoms with Gasteiger partial charge in [-0.25, -0.2) is 9.37 Å². The first-order valence-electron chi connectivity index (χ1n) is 13.6. The smallest absolute Gasteiger partial charge is 0.254 e. The van der Waals surface area contributed by atoms with E-state index in [0.717, 1.165) is 49.9 Å². The molecule has 1 aliphatic rings. The zero-order chi connectivity index (χ0) is 28.3. The normalized spacial score (nSPS) is 13.0. The molecule has 6 heteroatoms. The lowest BCUT2D eigenvalue weighted by Gasteiger charge is -2.29. The average Bonchev–Trinajstić information content (AvgIpc) is 2.99. The second kappa shape index (κ2) is 11.7. The molecule has 0 saturated carbocycles. The number of fused-ring (bicyclic) bond motifs is 2. The van der Waals surface area contributed by atoms with Crippen molar-refractivity contribution in [3.05, 3.63) is 140 Å². The lowest BCUT2D eigenvalue weighted by atomic mass is 9.98. The molecule has 0 saturated heterocycles. The Bertz CT molecular complexity index is 1780. The van der Waals surface area contributed by atoms with Gasteiger partial charge in [0.15, 0.2) is 0 Å². The number of nitrogens with zero attached hydrogens (tertiary/aromatic N) is 2. The minimum atomic E-state index is -0.260. The highest BCUT2D eigenvalue weighted by Crippen LogP contribution is 2.29. The van der Waals surface area contributed by atoms with Crippen molar-refractivity contribution in [3.63, 3.8) is 0 Å². The Morgan fingerprint density at radius 1 is 0.976 bits per heavy atom. The van der Waals surface area contributed by atoms with E-state index in [1.54, 1.807) is 12.1 Å². The van der Waals surface area contributed by atoms with Crippen LogP contribution in [0.15, 0.2) is 95.5 Å². The Hall–Kier alpha value is -4.29. The number of hydrogen-bond donors (Lipinski definition) is 0. The lowest BCUT2D eigenvalue weighted by Crippen LogP contribution is -2.36. The van der Waals surface area contributed by atoms with Crippen molar-refractivity contribution in [1.29, 1.82) is 0 Å². The van der Waals surface area contributed by atoms with E-state index >= 15 is 0 Å². The average molecular weight is 608 g/mol. The molecule has 6 rings (SSSR count). The van der Waals surface area contributed by atoms with Gasteiger partial charge in [0.2, 0.25) is 0 Å². The van der Waals surface area contributed by atoms with Crippen LogP contribution in [0.2, 0.25) is 0 Å². The molecule has 0 fully saturated rings. The molecule has 41 heavy (non-hydrogen) atoms.